The van der Waals surface area contributed by atoms with E-state index in [1.165, 1.54) is 44.4 Å². The molecule has 2 aromatic rings. The second kappa shape index (κ2) is 12.2. The molecule has 0 saturated heterocycles. The summed E-state index contributed by atoms with van der Waals surface area (Å²) >= 11 is 0. The van der Waals surface area contributed by atoms with E-state index < -0.39 is 29.1 Å². The summed E-state index contributed by atoms with van der Waals surface area (Å²) in [7, 11) is 0. The van der Waals surface area contributed by atoms with Gasteiger partial charge in [-0.25, -0.2) is 4.39 Å². The van der Waals surface area contributed by atoms with Crippen molar-refractivity contribution in [3.63, 3.8) is 0 Å². The largest absolute Gasteiger partial charge is 0.491 e. The van der Waals surface area contributed by atoms with Gasteiger partial charge in [0.25, 0.3) is 0 Å². The summed E-state index contributed by atoms with van der Waals surface area (Å²) in [6, 6.07) is 4.73. The molecule has 0 aliphatic heterocycles. The molecule has 0 radical (unpaired) electrons. The van der Waals surface area contributed by atoms with E-state index in [4.69, 9.17) is 4.74 Å². The van der Waals surface area contributed by atoms with Crippen LogP contribution in [0.5, 0.6) is 11.5 Å². The minimum Gasteiger partial charge on any atom is -0.491 e. The standard InChI is InChI=1S/C27H33F4NO2/c1-3-7-19-10-12-20(13-11-19)8-5-6-9-21-14-15-22(18-32-21)34-27(30,31)23-16-17-24(33-4-2)26(29)25(23)28/h3,7,14-20H,4-6,8-13H2,1-2H3/b7-3+. The van der Waals surface area contributed by atoms with Crippen LogP contribution in [-0.4, -0.2) is 11.6 Å². The van der Waals surface area contributed by atoms with Crippen LogP contribution in [0.2, 0.25) is 0 Å². The van der Waals surface area contributed by atoms with Crippen molar-refractivity contribution >= 4 is 0 Å². The van der Waals surface area contributed by atoms with Crippen molar-refractivity contribution < 1.29 is 27.0 Å². The molecular formula is C27H33F4NO2. The van der Waals surface area contributed by atoms with Crippen LogP contribution in [0.15, 0.2) is 42.6 Å². The van der Waals surface area contributed by atoms with Gasteiger partial charge >= 0.3 is 6.11 Å². The number of aryl methyl sites for hydroxylation is 1. The first-order valence-corrected chi connectivity index (χ1v) is 12.1. The average Bonchev–Trinajstić information content (AvgIpc) is 2.82. The zero-order valence-electron chi connectivity index (χ0n) is 19.8. The average molecular weight is 480 g/mol. The van der Waals surface area contributed by atoms with Crippen molar-refractivity contribution in [2.45, 2.75) is 71.3 Å². The third-order valence-corrected chi connectivity index (χ3v) is 6.36. The number of ether oxygens (including phenoxy) is 2. The van der Waals surface area contributed by atoms with E-state index in [9.17, 15) is 17.6 Å². The highest BCUT2D eigenvalue weighted by Gasteiger charge is 2.39. The van der Waals surface area contributed by atoms with Crippen molar-refractivity contribution in [2.75, 3.05) is 6.61 Å². The molecule has 1 fully saturated rings. The highest BCUT2D eigenvalue weighted by atomic mass is 19.3. The quantitative estimate of drug-likeness (QED) is 0.186. The number of aromatic nitrogens is 1. The Kier molecular flexibility index (Phi) is 9.36. The molecule has 3 rings (SSSR count). The molecule has 7 heteroatoms. The van der Waals surface area contributed by atoms with Crippen molar-refractivity contribution in [3.8, 4) is 11.5 Å². The lowest BCUT2D eigenvalue weighted by Crippen LogP contribution is -2.24. The molecule has 0 bridgehead atoms. The fraction of sp³-hybridized carbons (Fsp3) is 0.519. The lowest BCUT2D eigenvalue weighted by molar-refractivity contribution is -0.187. The Bertz CT molecular complexity index is 938. The molecule has 0 unspecified atom stereocenters. The van der Waals surface area contributed by atoms with Gasteiger partial charge < -0.3 is 9.47 Å². The van der Waals surface area contributed by atoms with Crippen LogP contribution in [0.1, 0.15) is 70.1 Å². The van der Waals surface area contributed by atoms with Gasteiger partial charge in [0.05, 0.1) is 12.8 Å². The number of unbranched alkanes of at least 4 members (excludes halogenated alkanes) is 1. The molecule has 1 aromatic carbocycles. The lowest BCUT2D eigenvalue weighted by Gasteiger charge is -2.26. The summed E-state index contributed by atoms with van der Waals surface area (Å²) in [4.78, 5) is 4.20. The molecule has 3 nitrogen and oxygen atoms in total. The number of hydrogen-bond acceptors (Lipinski definition) is 3. The molecule has 1 saturated carbocycles. The Morgan fingerprint density at radius 2 is 1.79 bits per heavy atom. The number of allylic oxidation sites excluding steroid dienone is 2. The number of hydrogen-bond donors (Lipinski definition) is 0. The molecule has 1 aliphatic carbocycles. The zero-order valence-corrected chi connectivity index (χ0v) is 19.8. The Morgan fingerprint density at radius 3 is 2.44 bits per heavy atom. The van der Waals surface area contributed by atoms with Gasteiger partial charge in [-0.2, -0.15) is 13.2 Å². The van der Waals surface area contributed by atoms with Crippen LogP contribution < -0.4 is 9.47 Å². The van der Waals surface area contributed by atoms with E-state index in [1.807, 2.05) is 0 Å². The minimum absolute atomic E-state index is 0.0818. The van der Waals surface area contributed by atoms with Gasteiger partial charge in [0, 0.05) is 5.69 Å². The molecule has 0 spiro atoms. The molecule has 1 aliphatic rings. The summed E-state index contributed by atoms with van der Waals surface area (Å²) in [6.45, 7) is 3.74. The van der Waals surface area contributed by atoms with Gasteiger partial charge in [-0.15, -0.1) is 0 Å². The number of pyridine rings is 1. The van der Waals surface area contributed by atoms with Gasteiger partial charge in [0.2, 0.25) is 5.82 Å². The summed E-state index contributed by atoms with van der Waals surface area (Å²) in [5.74, 6) is -2.28. The lowest BCUT2D eigenvalue weighted by atomic mass is 9.79. The first-order valence-electron chi connectivity index (χ1n) is 12.1. The van der Waals surface area contributed by atoms with Gasteiger partial charge in [0.15, 0.2) is 11.6 Å². The predicted octanol–water partition coefficient (Wildman–Crippen LogP) is 7.98. The normalized spacial score (nSPS) is 18.9. The molecule has 34 heavy (non-hydrogen) atoms. The second-order valence-electron chi connectivity index (χ2n) is 8.83. The number of halogens is 4. The second-order valence-corrected chi connectivity index (χ2v) is 8.83. The van der Waals surface area contributed by atoms with Crippen LogP contribution in [0.25, 0.3) is 0 Å². The SMILES string of the molecule is C/C=C/C1CCC(CCCCc2ccc(OC(F)(F)c3ccc(OCC)c(F)c3F)cn2)CC1. The van der Waals surface area contributed by atoms with E-state index in [0.717, 1.165) is 48.9 Å². The summed E-state index contributed by atoms with van der Waals surface area (Å²) in [5.41, 5.74) is -0.414. The van der Waals surface area contributed by atoms with E-state index in [0.29, 0.717) is 0 Å². The molecule has 0 atom stereocenters. The van der Waals surface area contributed by atoms with E-state index in [2.05, 4.69) is 28.8 Å². The van der Waals surface area contributed by atoms with Crippen molar-refractivity contribution in [2.24, 2.45) is 11.8 Å². The van der Waals surface area contributed by atoms with Crippen LogP contribution in [0.3, 0.4) is 0 Å². The summed E-state index contributed by atoms with van der Waals surface area (Å²) in [6.07, 6.45) is 10.8. The van der Waals surface area contributed by atoms with Crippen molar-refractivity contribution in [3.05, 3.63) is 65.5 Å². The van der Waals surface area contributed by atoms with E-state index in [-0.39, 0.29) is 12.4 Å². The molecule has 0 amide bonds. The van der Waals surface area contributed by atoms with Crippen LogP contribution in [0.4, 0.5) is 17.6 Å². The van der Waals surface area contributed by atoms with Crippen molar-refractivity contribution in [1.29, 1.82) is 0 Å². The smallest absolute Gasteiger partial charge is 0.429 e. The number of nitrogens with zero attached hydrogens (tertiary/aromatic N) is 1. The zero-order chi connectivity index (χ0) is 24.6. The molecule has 186 valence electrons. The first-order chi connectivity index (χ1) is 16.3. The van der Waals surface area contributed by atoms with Crippen LogP contribution in [0, 0.1) is 23.5 Å². The third-order valence-electron chi connectivity index (χ3n) is 6.36. The van der Waals surface area contributed by atoms with E-state index in [1.54, 1.807) is 13.0 Å². The Morgan fingerprint density at radius 1 is 1.03 bits per heavy atom. The maximum absolute atomic E-state index is 14.5. The maximum Gasteiger partial charge on any atom is 0.429 e. The van der Waals surface area contributed by atoms with Crippen molar-refractivity contribution in [1.82, 2.24) is 4.98 Å². The summed E-state index contributed by atoms with van der Waals surface area (Å²) in [5, 5.41) is 0. The molecular weight excluding hydrogens is 446 g/mol. The monoisotopic (exact) mass is 479 g/mol. The van der Waals surface area contributed by atoms with Crippen LogP contribution >= 0.6 is 0 Å². The fourth-order valence-electron chi connectivity index (χ4n) is 4.53. The minimum atomic E-state index is -4.06. The Balaban J connectivity index is 1.47. The Hall–Kier alpha value is -2.57. The molecule has 0 N–H and O–H groups in total. The first kappa shape index (κ1) is 26.0. The fourth-order valence-corrected chi connectivity index (χ4v) is 4.53. The van der Waals surface area contributed by atoms with Crippen LogP contribution in [-0.2, 0) is 12.5 Å². The predicted molar refractivity (Wildman–Crippen MR) is 124 cm³/mol. The van der Waals surface area contributed by atoms with Gasteiger partial charge in [0.1, 0.15) is 11.3 Å². The highest BCUT2D eigenvalue weighted by Crippen LogP contribution is 2.36. The topological polar surface area (TPSA) is 31.4 Å². The number of rotatable bonds is 11. The van der Waals surface area contributed by atoms with Gasteiger partial charge in [-0.3, -0.25) is 4.98 Å². The van der Waals surface area contributed by atoms with Gasteiger partial charge in [-0.1, -0.05) is 25.0 Å². The Labute approximate surface area is 199 Å². The van der Waals surface area contributed by atoms with Gasteiger partial charge in [-0.05, 0) is 88.5 Å². The number of alkyl halides is 2. The number of benzene rings is 1. The summed E-state index contributed by atoms with van der Waals surface area (Å²) < 4.78 is 66.7. The van der Waals surface area contributed by atoms with E-state index >= 15 is 0 Å². The third kappa shape index (κ3) is 6.97. The molecule has 1 aromatic heterocycles. The highest BCUT2D eigenvalue weighted by molar-refractivity contribution is 5.33. The maximum atomic E-state index is 14.5. The molecule has 1 heterocycles.